The molecule has 3 aromatic rings. The smallest absolute Gasteiger partial charge is 0.132 e. The number of halogens is 1. The molecular formula is C15H14ClN3. The molecule has 0 atom stereocenters. The Kier molecular flexibility index (Phi) is 3.97. The molecule has 0 unspecified atom stereocenters. The van der Waals surface area contributed by atoms with Crippen molar-refractivity contribution >= 4 is 29.0 Å². The SMILES string of the molecule is Cl.Cn1ccccc1=Nc1cnc2ccccc2c1. The van der Waals surface area contributed by atoms with Crippen LogP contribution in [0.5, 0.6) is 0 Å². The van der Waals surface area contributed by atoms with E-state index < -0.39 is 0 Å². The number of fused-ring (bicyclic) bond motifs is 1. The predicted octanol–water partition coefficient (Wildman–Crippen LogP) is 3.23. The van der Waals surface area contributed by atoms with Gasteiger partial charge in [0, 0.05) is 18.6 Å². The number of hydrogen-bond donors (Lipinski definition) is 0. The van der Waals surface area contributed by atoms with Crippen molar-refractivity contribution in [3.05, 3.63) is 66.4 Å². The number of nitrogens with zero attached hydrogens (tertiary/aromatic N) is 3. The molecule has 0 N–H and O–H groups in total. The van der Waals surface area contributed by atoms with Gasteiger partial charge in [0.2, 0.25) is 0 Å². The highest BCUT2D eigenvalue weighted by atomic mass is 35.5. The second kappa shape index (κ2) is 5.67. The summed E-state index contributed by atoms with van der Waals surface area (Å²) in [5.41, 5.74) is 2.78. The van der Waals surface area contributed by atoms with Gasteiger partial charge in [0.25, 0.3) is 0 Å². The summed E-state index contributed by atoms with van der Waals surface area (Å²) in [6.07, 6.45) is 3.78. The van der Waals surface area contributed by atoms with Gasteiger partial charge < -0.3 is 4.57 Å². The molecule has 0 amide bonds. The molecule has 1 aromatic carbocycles. The van der Waals surface area contributed by atoms with E-state index in [1.807, 2.05) is 60.3 Å². The first-order chi connectivity index (χ1) is 8.83. The fourth-order valence-electron chi connectivity index (χ4n) is 1.88. The molecule has 2 heterocycles. The van der Waals surface area contributed by atoms with Gasteiger partial charge in [0.05, 0.1) is 17.4 Å². The van der Waals surface area contributed by atoms with Crippen molar-refractivity contribution in [1.82, 2.24) is 9.55 Å². The van der Waals surface area contributed by atoms with Crippen LogP contribution in [0.15, 0.2) is 65.9 Å². The highest BCUT2D eigenvalue weighted by Gasteiger charge is 1.95. The number of pyridine rings is 2. The van der Waals surface area contributed by atoms with Crippen molar-refractivity contribution in [1.29, 1.82) is 0 Å². The molecular weight excluding hydrogens is 258 g/mol. The largest absolute Gasteiger partial charge is 0.336 e. The average Bonchev–Trinajstić information content (AvgIpc) is 2.41. The van der Waals surface area contributed by atoms with Crippen molar-refractivity contribution in [2.24, 2.45) is 12.0 Å². The van der Waals surface area contributed by atoms with E-state index in [1.165, 1.54) is 0 Å². The molecule has 0 bridgehead atoms. The van der Waals surface area contributed by atoms with E-state index in [0.717, 1.165) is 22.1 Å². The summed E-state index contributed by atoms with van der Waals surface area (Å²) in [5, 5.41) is 1.11. The Balaban J connectivity index is 0.00000133. The van der Waals surface area contributed by atoms with Gasteiger partial charge in [0.15, 0.2) is 0 Å². The van der Waals surface area contributed by atoms with Crippen molar-refractivity contribution < 1.29 is 0 Å². The van der Waals surface area contributed by atoms with Crippen LogP contribution in [0.1, 0.15) is 0 Å². The van der Waals surface area contributed by atoms with E-state index in [4.69, 9.17) is 0 Å². The summed E-state index contributed by atoms with van der Waals surface area (Å²) in [6.45, 7) is 0. The Hall–Kier alpha value is -2.13. The molecule has 0 radical (unpaired) electrons. The van der Waals surface area contributed by atoms with Crippen LogP contribution in [0, 0.1) is 0 Å². The van der Waals surface area contributed by atoms with Gasteiger partial charge in [-0.2, -0.15) is 0 Å². The summed E-state index contributed by atoms with van der Waals surface area (Å²) in [6, 6.07) is 16.0. The summed E-state index contributed by atoms with van der Waals surface area (Å²) in [7, 11) is 1.98. The third kappa shape index (κ3) is 2.83. The fraction of sp³-hybridized carbons (Fsp3) is 0.0667. The van der Waals surface area contributed by atoms with Gasteiger partial charge in [-0.05, 0) is 24.3 Å². The fourth-order valence-corrected chi connectivity index (χ4v) is 1.88. The lowest BCUT2D eigenvalue weighted by Crippen LogP contribution is -2.15. The normalized spacial score (nSPS) is 11.3. The average molecular weight is 272 g/mol. The summed E-state index contributed by atoms with van der Waals surface area (Å²) >= 11 is 0. The first-order valence-electron chi connectivity index (χ1n) is 5.84. The molecule has 3 nitrogen and oxygen atoms in total. The Morgan fingerprint density at radius 1 is 1.05 bits per heavy atom. The van der Waals surface area contributed by atoms with Crippen molar-refractivity contribution in [3.63, 3.8) is 0 Å². The number of rotatable bonds is 1. The van der Waals surface area contributed by atoms with Crippen LogP contribution in [0.4, 0.5) is 5.69 Å². The van der Waals surface area contributed by atoms with E-state index in [1.54, 1.807) is 6.20 Å². The molecule has 0 saturated heterocycles. The van der Waals surface area contributed by atoms with Gasteiger partial charge in [-0.1, -0.05) is 24.3 Å². The quantitative estimate of drug-likeness (QED) is 0.668. The van der Waals surface area contributed by atoms with Crippen molar-refractivity contribution in [2.45, 2.75) is 0 Å². The number of benzene rings is 1. The topological polar surface area (TPSA) is 30.2 Å². The minimum absolute atomic E-state index is 0. The molecule has 4 heteroatoms. The van der Waals surface area contributed by atoms with E-state index >= 15 is 0 Å². The zero-order valence-electron chi connectivity index (χ0n) is 10.5. The summed E-state index contributed by atoms with van der Waals surface area (Å²) < 4.78 is 1.98. The monoisotopic (exact) mass is 271 g/mol. The third-order valence-corrected chi connectivity index (χ3v) is 2.85. The predicted molar refractivity (Wildman–Crippen MR) is 79.6 cm³/mol. The molecule has 0 aliphatic rings. The van der Waals surface area contributed by atoms with Gasteiger partial charge in [-0.15, -0.1) is 12.4 Å². The number of para-hydroxylation sites is 1. The van der Waals surface area contributed by atoms with Crippen LogP contribution < -0.4 is 5.49 Å². The number of aryl methyl sites for hydroxylation is 1. The van der Waals surface area contributed by atoms with E-state index in [2.05, 4.69) is 16.0 Å². The lowest BCUT2D eigenvalue weighted by atomic mass is 10.2. The van der Waals surface area contributed by atoms with Gasteiger partial charge in [-0.3, -0.25) is 4.98 Å². The molecule has 19 heavy (non-hydrogen) atoms. The maximum absolute atomic E-state index is 4.59. The van der Waals surface area contributed by atoms with Gasteiger partial charge in [0.1, 0.15) is 5.49 Å². The molecule has 2 aromatic heterocycles. The van der Waals surface area contributed by atoms with E-state index in [9.17, 15) is 0 Å². The molecule has 96 valence electrons. The Morgan fingerprint density at radius 2 is 1.84 bits per heavy atom. The second-order valence-electron chi connectivity index (χ2n) is 4.17. The minimum atomic E-state index is 0. The van der Waals surface area contributed by atoms with Gasteiger partial charge in [-0.25, -0.2) is 4.99 Å². The summed E-state index contributed by atoms with van der Waals surface area (Å²) in [5.74, 6) is 0. The lowest BCUT2D eigenvalue weighted by Gasteiger charge is -2.00. The Bertz CT molecular complexity index is 762. The van der Waals surface area contributed by atoms with Crippen LogP contribution in [0.25, 0.3) is 10.9 Å². The first-order valence-corrected chi connectivity index (χ1v) is 5.84. The van der Waals surface area contributed by atoms with Crippen LogP contribution in [-0.2, 0) is 7.05 Å². The minimum Gasteiger partial charge on any atom is -0.336 e. The van der Waals surface area contributed by atoms with Crippen LogP contribution in [0.3, 0.4) is 0 Å². The molecule has 0 aliphatic carbocycles. The Morgan fingerprint density at radius 3 is 2.68 bits per heavy atom. The van der Waals surface area contributed by atoms with Crippen molar-refractivity contribution in [2.75, 3.05) is 0 Å². The molecule has 0 fully saturated rings. The molecule has 0 saturated carbocycles. The van der Waals surface area contributed by atoms with Crippen LogP contribution >= 0.6 is 12.4 Å². The standard InChI is InChI=1S/C15H13N3.ClH/c1-18-9-5-4-8-15(18)17-13-10-12-6-2-3-7-14(12)16-11-13;/h2-11H,1H3;1H. The van der Waals surface area contributed by atoms with Crippen LogP contribution in [0.2, 0.25) is 0 Å². The number of aromatic nitrogens is 2. The molecule has 0 spiro atoms. The first kappa shape index (κ1) is 13.3. The zero-order chi connectivity index (χ0) is 12.4. The lowest BCUT2D eigenvalue weighted by molar-refractivity contribution is 0.835. The maximum atomic E-state index is 4.59. The second-order valence-corrected chi connectivity index (χ2v) is 4.17. The van der Waals surface area contributed by atoms with Crippen LogP contribution in [-0.4, -0.2) is 9.55 Å². The highest BCUT2D eigenvalue weighted by Crippen LogP contribution is 2.17. The summed E-state index contributed by atoms with van der Waals surface area (Å²) in [4.78, 5) is 9.00. The zero-order valence-corrected chi connectivity index (χ0v) is 11.3. The van der Waals surface area contributed by atoms with E-state index in [-0.39, 0.29) is 12.4 Å². The third-order valence-electron chi connectivity index (χ3n) is 2.85. The van der Waals surface area contributed by atoms with Gasteiger partial charge >= 0.3 is 0 Å². The Labute approximate surface area is 117 Å². The number of hydrogen-bond acceptors (Lipinski definition) is 2. The highest BCUT2D eigenvalue weighted by molar-refractivity contribution is 5.85. The molecule has 0 aliphatic heterocycles. The van der Waals surface area contributed by atoms with Crippen molar-refractivity contribution in [3.8, 4) is 0 Å². The maximum Gasteiger partial charge on any atom is 0.132 e. The van der Waals surface area contributed by atoms with E-state index in [0.29, 0.717) is 0 Å². The molecule has 3 rings (SSSR count).